The van der Waals surface area contributed by atoms with Crippen LogP contribution in [-0.2, 0) is 9.53 Å². The standard InChI is InChI=1S/C10H18O4/c1-4-9(12)14-10(13)7(2)5-6-8(3)11/h5,8-9,11-12H,4,6H2,1-3H3. The highest BCUT2D eigenvalue weighted by molar-refractivity contribution is 5.87. The zero-order valence-electron chi connectivity index (χ0n) is 8.86. The van der Waals surface area contributed by atoms with Crippen LogP contribution in [0.2, 0.25) is 0 Å². The van der Waals surface area contributed by atoms with Crippen molar-refractivity contribution in [3.63, 3.8) is 0 Å². The summed E-state index contributed by atoms with van der Waals surface area (Å²) >= 11 is 0. The first kappa shape index (κ1) is 13.1. The van der Waals surface area contributed by atoms with Gasteiger partial charge in [0.1, 0.15) is 0 Å². The van der Waals surface area contributed by atoms with Crippen LogP contribution in [0.15, 0.2) is 11.6 Å². The zero-order chi connectivity index (χ0) is 11.1. The van der Waals surface area contributed by atoms with Crippen LogP contribution in [0.1, 0.15) is 33.6 Å². The molecule has 0 aliphatic heterocycles. The average Bonchev–Trinajstić information content (AvgIpc) is 2.13. The predicted molar refractivity (Wildman–Crippen MR) is 52.4 cm³/mol. The van der Waals surface area contributed by atoms with Crippen molar-refractivity contribution in [2.75, 3.05) is 0 Å². The fourth-order valence-corrected chi connectivity index (χ4v) is 0.731. The number of carbonyl (C=O) groups is 1. The third-order valence-corrected chi connectivity index (χ3v) is 1.68. The van der Waals surface area contributed by atoms with Crippen molar-refractivity contribution >= 4 is 5.97 Å². The quantitative estimate of drug-likeness (QED) is 0.396. The van der Waals surface area contributed by atoms with E-state index in [1.54, 1.807) is 26.8 Å². The molecule has 0 amide bonds. The van der Waals surface area contributed by atoms with Gasteiger partial charge in [0.05, 0.1) is 6.10 Å². The van der Waals surface area contributed by atoms with Crippen LogP contribution in [0, 0.1) is 0 Å². The lowest BCUT2D eigenvalue weighted by atomic mass is 10.2. The zero-order valence-corrected chi connectivity index (χ0v) is 8.86. The van der Waals surface area contributed by atoms with Crippen molar-refractivity contribution in [1.29, 1.82) is 0 Å². The monoisotopic (exact) mass is 202 g/mol. The molecule has 2 unspecified atom stereocenters. The van der Waals surface area contributed by atoms with Gasteiger partial charge in [-0.15, -0.1) is 0 Å². The van der Waals surface area contributed by atoms with E-state index in [-0.39, 0.29) is 0 Å². The smallest absolute Gasteiger partial charge is 0.335 e. The summed E-state index contributed by atoms with van der Waals surface area (Å²) < 4.78 is 4.66. The van der Waals surface area contributed by atoms with Crippen LogP contribution in [0.4, 0.5) is 0 Å². The predicted octanol–water partition coefficient (Wildman–Crippen LogP) is 0.975. The summed E-state index contributed by atoms with van der Waals surface area (Å²) in [5.74, 6) is -0.542. The van der Waals surface area contributed by atoms with Crippen LogP contribution >= 0.6 is 0 Å². The van der Waals surface area contributed by atoms with E-state index < -0.39 is 18.4 Å². The number of aliphatic hydroxyl groups excluding tert-OH is 2. The van der Waals surface area contributed by atoms with E-state index in [9.17, 15) is 4.79 Å². The van der Waals surface area contributed by atoms with E-state index in [0.717, 1.165) is 0 Å². The maximum atomic E-state index is 11.2. The Hall–Kier alpha value is -0.870. The maximum absolute atomic E-state index is 11.2. The first-order chi connectivity index (χ1) is 6.47. The first-order valence-electron chi connectivity index (χ1n) is 4.71. The second-order valence-corrected chi connectivity index (χ2v) is 3.24. The van der Waals surface area contributed by atoms with E-state index in [0.29, 0.717) is 18.4 Å². The molecule has 0 saturated heterocycles. The summed E-state index contributed by atoms with van der Waals surface area (Å²) in [6, 6.07) is 0. The first-order valence-corrected chi connectivity index (χ1v) is 4.71. The Morgan fingerprint density at radius 2 is 2.07 bits per heavy atom. The van der Waals surface area contributed by atoms with Gasteiger partial charge in [-0.3, -0.25) is 0 Å². The lowest BCUT2D eigenvalue weighted by molar-refractivity contribution is -0.163. The summed E-state index contributed by atoms with van der Waals surface area (Å²) in [4.78, 5) is 11.2. The SMILES string of the molecule is CCC(O)OC(=O)C(C)=CCC(C)O. The molecule has 0 fully saturated rings. The van der Waals surface area contributed by atoms with Gasteiger partial charge in [-0.25, -0.2) is 4.79 Å². The largest absolute Gasteiger partial charge is 0.433 e. The molecule has 0 spiro atoms. The Labute approximate surface area is 84.2 Å². The molecule has 0 heterocycles. The second-order valence-electron chi connectivity index (χ2n) is 3.24. The highest BCUT2D eigenvalue weighted by Crippen LogP contribution is 2.04. The van der Waals surface area contributed by atoms with Gasteiger partial charge in [0.25, 0.3) is 0 Å². The molecule has 0 radical (unpaired) electrons. The number of hydrogen-bond acceptors (Lipinski definition) is 4. The van der Waals surface area contributed by atoms with Crippen molar-refractivity contribution in [2.45, 2.75) is 46.0 Å². The van der Waals surface area contributed by atoms with Crippen LogP contribution in [0.5, 0.6) is 0 Å². The molecule has 0 bridgehead atoms. The molecule has 0 aliphatic carbocycles. The second kappa shape index (κ2) is 6.56. The number of rotatable bonds is 5. The Kier molecular flexibility index (Phi) is 6.16. The molecule has 0 saturated carbocycles. The molecule has 14 heavy (non-hydrogen) atoms. The molecule has 4 heteroatoms. The van der Waals surface area contributed by atoms with Gasteiger partial charge < -0.3 is 14.9 Å². The maximum Gasteiger partial charge on any atom is 0.335 e. The van der Waals surface area contributed by atoms with Gasteiger partial charge in [-0.05, 0) is 20.3 Å². The summed E-state index contributed by atoms with van der Waals surface area (Å²) in [5, 5.41) is 18.0. The Morgan fingerprint density at radius 3 is 2.50 bits per heavy atom. The highest BCUT2D eigenvalue weighted by atomic mass is 16.6. The Balaban J connectivity index is 4.04. The highest BCUT2D eigenvalue weighted by Gasteiger charge is 2.10. The van der Waals surface area contributed by atoms with E-state index >= 15 is 0 Å². The summed E-state index contributed by atoms with van der Waals surface area (Å²) in [7, 11) is 0. The lowest BCUT2D eigenvalue weighted by Gasteiger charge is -2.09. The topological polar surface area (TPSA) is 66.8 Å². The van der Waals surface area contributed by atoms with Crippen LogP contribution in [-0.4, -0.2) is 28.6 Å². The van der Waals surface area contributed by atoms with Gasteiger partial charge in [0.2, 0.25) is 6.29 Å². The van der Waals surface area contributed by atoms with Crippen LogP contribution in [0.25, 0.3) is 0 Å². The number of aliphatic hydroxyl groups is 2. The fraction of sp³-hybridized carbons (Fsp3) is 0.700. The van der Waals surface area contributed by atoms with Gasteiger partial charge in [-0.2, -0.15) is 0 Å². The van der Waals surface area contributed by atoms with Crippen molar-refractivity contribution in [3.8, 4) is 0 Å². The van der Waals surface area contributed by atoms with Crippen LogP contribution < -0.4 is 0 Å². The fourth-order valence-electron chi connectivity index (χ4n) is 0.731. The van der Waals surface area contributed by atoms with E-state index in [1.807, 2.05) is 0 Å². The summed E-state index contributed by atoms with van der Waals surface area (Å²) in [5.41, 5.74) is 0.401. The molecule has 2 atom stereocenters. The summed E-state index contributed by atoms with van der Waals surface area (Å²) in [6.07, 6.45) is 0.847. The van der Waals surface area contributed by atoms with E-state index in [2.05, 4.69) is 4.74 Å². The third kappa shape index (κ3) is 5.72. The molecular formula is C10H18O4. The molecule has 0 rings (SSSR count). The minimum atomic E-state index is -1.04. The Bertz CT molecular complexity index is 208. The number of hydrogen-bond donors (Lipinski definition) is 2. The van der Waals surface area contributed by atoms with Gasteiger partial charge in [-0.1, -0.05) is 13.0 Å². The number of ether oxygens (including phenoxy) is 1. The molecule has 82 valence electrons. The van der Waals surface area contributed by atoms with E-state index in [1.165, 1.54) is 0 Å². The molecule has 0 aromatic carbocycles. The molecule has 0 aromatic heterocycles. The lowest BCUT2D eigenvalue weighted by Crippen LogP contribution is -2.17. The summed E-state index contributed by atoms with van der Waals surface area (Å²) in [6.45, 7) is 4.94. The molecule has 2 N–H and O–H groups in total. The van der Waals surface area contributed by atoms with Crippen molar-refractivity contribution in [2.24, 2.45) is 0 Å². The van der Waals surface area contributed by atoms with Gasteiger partial charge >= 0.3 is 5.97 Å². The molecule has 0 aromatic rings. The minimum Gasteiger partial charge on any atom is -0.433 e. The average molecular weight is 202 g/mol. The van der Waals surface area contributed by atoms with Crippen molar-refractivity contribution in [3.05, 3.63) is 11.6 Å². The van der Waals surface area contributed by atoms with Gasteiger partial charge in [0, 0.05) is 12.0 Å². The van der Waals surface area contributed by atoms with Crippen LogP contribution in [0.3, 0.4) is 0 Å². The van der Waals surface area contributed by atoms with Crippen molar-refractivity contribution < 1.29 is 19.7 Å². The van der Waals surface area contributed by atoms with E-state index in [4.69, 9.17) is 10.2 Å². The third-order valence-electron chi connectivity index (χ3n) is 1.68. The minimum absolute atomic E-state index is 0.370. The normalized spacial score (nSPS) is 16.2. The van der Waals surface area contributed by atoms with Crippen molar-refractivity contribution in [1.82, 2.24) is 0 Å². The van der Waals surface area contributed by atoms with Gasteiger partial charge in [0.15, 0.2) is 0 Å². The number of esters is 1. The number of carbonyl (C=O) groups excluding carboxylic acids is 1. The molecule has 4 nitrogen and oxygen atoms in total. The Morgan fingerprint density at radius 1 is 1.50 bits per heavy atom. The molecular weight excluding hydrogens is 184 g/mol. The molecule has 0 aliphatic rings.